The van der Waals surface area contributed by atoms with Gasteiger partial charge in [-0.2, -0.15) is 5.10 Å². The molecule has 0 radical (unpaired) electrons. The first-order valence-corrected chi connectivity index (χ1v) is 10.0. The number of amides is 1. The highest BCUT2D eigenvalue weighted by atomic mass is 32.1. The summed E-state index contributed by atoms with van der Waals surface area (Å²) in [5.74, 6) is 0.590. The van der Waals surface area contributed by atoms with Gasteiger partial charge in [-0.1, -0.05) is 26.0 Å². The van der Waals surface area contributed by atoms with Crippen molar-refractivity contribution in [3.63, 3.8) is 0 Å². The van der Waals surface area contributed by atoms with Crippen LogP contribution >= 0.6 is 11.3 Å². The van der Waals surface area contributed by atoms with E-state index in [9.17, 15) is 4.79 Å². The number of thiazole rings is 1. The van der Waals surface area contributed by atoms with Gasteiger partial charge in [-0.15, -0.1) is 11.3 Å². The lowest BCUT2D eigenvalue weighted by Crippen LogP contribution is -2.31. The predicted octanol–water partition coefficient (Wildman–Crippen LogP) is 4.21. The molecule has 0 spiro atoms. The van der Waals surface area contributed by atoms with Crippen LogP contribution in [0.5, 0.6) is 0 Å². The monoisotopic (exact) mass is 368 g/mol. The van der Waals surface area contributed by atoms with Crippen molar-refractivity contribution in [3.05, 3.63) is 46.7 Å². The Hall–Kier alpha value is -2.21. The molecule has 0 saturated carbocycles. The number of hydrogen-bond donors (Lipinski definition) is 0. The molecule has 0 N–H and O–H groups in total. The van der Waals surface area contributed by atoms with Crippen LogP contribution in [0.1, 0.15) is 53.9 Å². The predicted molar refractivity (Wildman–Crippen MR) is 104 cm³/mol. The van der Waals surface area contributed by atoms with E-state index in [0.717, 1.165) is 42.0 Å². The summed E-state index contributed by atoms with van der Waals surface area (Å²) >= 11 is 1.70. The van der Waals surface area contributed by atoms with Crippen LogP contribution in [-0.2, 0) is 13.5 Å². The highest BCUT2D eigenvalue weighted by Gasteiger charge is 2.34. The van der Waals surface area contributed by atoms with Gasteiger partial charge >= 0.3 is 0 Å². The second-order valence-corrected chi connectivity index (χ2v) is 8.48. The van der Waals surface area contributed by atoms with E-state index in [1.165, 1.54) is 4.70 Å². The summed E-state index contributed by atoms with van der Waals surface area (Å²) in [6.45, 7) is 5.11. The van der Waals surface area contributed by atoms with Gasteiger partial charge in [-0.3, -0.25) is 9.48 Å². The standard InChI is InChI=1S/C20H24N4OS/c1-13(2)11-14-12-17(23(3)22-14)20(25)24-10-6-8-16(24)19-21-15-7-4-5-9-18(15)26-19/h4-5,7,9,12-13,16H,6,8,10-11H2,1-3H3/t16-/m0/s1. The van der Waals surface area contributed by atoms with Crippen LogP contribution in [0.3, 0.4) is 0 Å². The number of para-hydroxylation sites is 1. The summed E-state index contributed by atoms with van der Waals surface area (Å²) in [7, 11) is 1.86. The molecule has 2 aromatic heterocycles. The summed E-state index contributed by atoms with van der Waals surface area (Å²) in [4.78, 5) is 20.0. The molecule has 1 amide bonds. The summed E-state index contributed by atoms with van der Waals surface area (Å²) < 4.78 is 2.91. The van der Waals surface area contributed by atoms with E-state index in [1.807, 2.05) is 36.2 Å². The fraction of sp³-hybridized carbons (Fsp3) is 0.450. The minimum atomic E-state index is 0.0664. The third-order valence-corrected chi connectivity index (χ3v) is 6.01. The number of fused-ring (bicyclic) bond motifs is 1. The van der Waals surface area contributed by atoms with Crippen LogP contribution in [0.15, 0.2) is 30.3 Å². The number of likely N-dealkylation sites (tertiary alicyclic amines) is 1. The van der Waals surface area contributed by atoms with E-state index >= 15 is 0 Å². The molecule has 3 heterocycles. The van der Waals surface area contributed by atoms with Gasteiger partial charge in [0.2, 0.25) is 0 Å². The summed E-state index contributed by atoms with van der Waals surface area (Å²) in [6, 6.07) is 10.2. The Morgan fingerprint density at radius 3 is 2.92 bits per heavy atom. The van der Waals surface area contributed by atoms with Gasteiger partial charge in [0.15, 0.2) is 0 Å². The number of carbonyl (C=O) groups is 1. The number of rotatable bonds is 4. The van der Waals surface area contributed by atoms with Crippen LogP contribution in [0.4, 0.5) is 0 Å². The quantitative estimate of drug-likeness (QED) is 0.693. The second-order valence-electron chi connectivity index (χ2n) is 7.42. The lowest BCUT2D eigenvalue weighted by Gasteiger charge is -2.22. The third kappa shape index (κ3) is 3.14. The number of carbonyl (C=O) groups excluding carboxylic acids is 1. The van der Waals surface area contributed by atoms with E-state index < -0.39 is 0 Å². The first kappa shape index (κ1) is 17.2. The van der Waals surface area contributed by atoms with Crippen molar-refractivity contribution < 1.29 is 4.79 Å². The fourth-order valence-electron chi connectivity index (χ4n) is 3.69. The molecule has 26 heavy (non-hydrogen) atoms. The molecule has 4 rings (SSSR count). The molecule has 3 aromatic rings. The molecule has 1 fully saturated rings. The summed E-state index contributed by atoms with van der Waals surface area (Å²) in [5, 5.41) is 5.58. The van der Waals surface area contributed by atoms with Gasteiger partial charge in [-0.25, -0.2) is 4.98 Å². The summed E-state index contributed by atoms with van der Waals surface area (Å²) in [6.07, 6.45) is 2.88. The first-order chi connectivity index (χ1) is 12.5. The van der Waals surface area contributed by atoms with E-state index in [1.54, 1.807) is 16.0 Å². The zero-order chi connectivity index (χ0) is 18.3. The van der Waals surface area contributed by atoms with E-state index in [2.05, 4.69) is 25.0 Å². The van der Waals surface area contributed by atoms with E-state index in [-0.39, 0.29) is 11.9 Å². The molecule has 0 unspecified atom stereocenters. The molecule has 6 heteroatoms. The molecule has 0 aliphatic carbocycles. The molecular weight excluding hydrogens is 344 g/mol. The lowest BCUT2D eigenvalue weighted by atomic mass is 10.1. The Morgan fingerprint density at radius 2 is 2.15 bits per heavy atom. The van der Waals surface area contributed by atoms with Crippen molar-refractivity contribution in [1.29, 1.82) is 0 Å². The zero-order valence-corrected chi connectivity index (χ0v) is 16.3. The van der Waals surface area contributed by atoms with Crippen molar-refractivity contribution in [2.24, 2.45) is 13.0 Å². The van der Waals surface area contributed by atoms with Gasteiger partial charge in [0.25, 0.3) is 5.91 Å². The van der Waals surface area contributed by atoms with Crippen molar-refractivity contribution >= 4 is 27.5 Å². The van der Waals surface area contributed by atoms with E-state index in [4.69, 9.17) is 4.98 Å². The van der Waals surface area contributed by atoms with Crippen LogP contribution in [0.2, 0.25) is 0 Å². The van der Waals surface area contributed by atoms with Gasteiger partial charge in [-0.05, 0) is 43.4 Å². The molecule has 1 atom stereocenters. The Morgan fingerprint density at radius 1 is 1.35 bits per heavy atom. The smallest absolute Gasteiger partial charge is 0.272 e. The number of aryl methyl sites for hydroxylation is 1. The fourth-order valence-corrected chi connectivity index (χ4v) is 4.81. The van der Waals surface area contributed by atoms with Crippen LogP contribution < -0.4 is 0 Å². The Balaban J connectivity index is 1.62. The maximum Gasteiger partial charge on any atom is 0.272 e. The lowest BCUT2D eigenvalue weighted by molar-refractivity contribution is 0.0724. The van der Waals surface area contributed by atoms with E-state index in [0.29, 0.717) is 11.6 Å². The Bertz CT molecular complexity index is 909. The minimum Gasteiger partial charge on any atom is -0.328 e. The largest absolute Gasteiger partial charge is 0.328 e. The average Bonchev–Trinajstić information content (AvgIpc) is 3.30. The highest BCUT2D eigenvalue weighted by Crippen LogP contribution is 2.37. The van der Waals surface area contributed by atoms with Gasteiger partial charge < -0.3 is 4.90 Å². The zero-order valence-electron chi connectivity index (χ0n) is 15.5. The maximum atomic E-state index is 13.2. The van der Waals surface area contributed by atoms with Crippen molar-refractivity contribution in [2.45, 2.75) is 39.2 Å². The minimum absolute atomic E-state index is 0.0664. The molecule has 5 nitrogen and oxygen atoms in total. The van der Waals surface area contributed by atoms with Crippen LogP contribution in [-0.4, -0.2) is 32.1 Å². The van der Waals surface area contributed by atoms with Crippen molar-refractivity contribution in [3.8, 4) is 0 Å². The van der Waals surface area contributed by atoms with Crippen LogP contribution in [0, 0.1) is 5.92 Å². The number of aromatic nitrogens is 3. The Labute approximate surface area is 157 Å². The highest BCUT2D eigenvalue weighted by molar-refractivity contribution is 7.18. The topological polar surface area (TPSA) is 51.0 Å². The molecule has 1 aliphatic heterocycles. The van der Waals surface area contributed by atoms with Crippen LogP contribution in [0.25, 0.3) is 10.2 Å². The van der Waals surface area contributed by atoms with Crippen molar-refractivity contribution in [2.75, 3.05) is 6.54 Å². The number of nitrogens with zero attached hydrogens (tertiary/aromatic N) is 4. The third-order valence-electron chi connectivity index (χ3n) is 4.88. The molecule has 0 bridgehead atoms. The summed E-state index contributed by atoms with van der Waals surface area (Å²) in [5.41, 5.74) is 2.68. The normalized spacial score (nSPS) is 17.5. The molecule has 1 saturated heterocycles. The SMILES string of the molecule is CC(C)Cc1cc(C(=O)N2CCC[C@H]2c2nc3ccccc3s2)n(C)n1. The first-order valence-electron chi connectivity index (χ1n) is 9.22. The molecular formula is C20H24N4OS. The number of benzene rings is 1. The molecule has 1 aliphatic rings. The van der Waals surface area contributed by atoms with Crippen molar-refractivity contribution in [1.82, 2.24) is 19.7 Å². The molecule has 1 aromatic carbocycles. The van der Waals surface area contributed by atoms with Gasteiger partial charge in [0.1, 0.15) is 10.7 Å². The molecule has 136 valence electrons. The maximum absolute atomic E-state index is 13.2. The second kappa shape index (κ2) is 6.83. The number of hydrogen-bond acceptors (Lipinski definition) is 4. The van der Waals surface area contributed by atoms with Gasteiger partial charge in [0.05, 0.1) is 22.0 Å². The Kier molecular flexibility index (Phi) is 4.53. The van der Waals surface area contributed by atoms with Gasteiger partial charge in [0, 0.05) is 13.6 Å². The average molecular weight is 369 g/mol.